The van der Waals surface area contributed by atoms with Gasteiger partial charge in [-0.2, -0.15) is 0 Å². The minimum absolute atomic E-state index is 0.325. The molecule has 13 heavy (non-hydrogen) atoms. The van der Waals surface area contributed by atoms with E-state index in [0.29, 0.717) is 11.3 Å². The molecule has 1 N–H and O–H groups in total. The first-order chi connectivity index (χ1) is 6.27. The van der Waals surface area contributed by atoms with Crippen LogP contribution in [0.25, 0.3) is 11.3 Å². The molecule has 0 aliphatic carbocycles. The van der Waals surface area contributed by atoms with Gasteiger partial charge in [-0.25, -0.2) is 8.78 Å². The summed E-state index contributed by atoms with van der Waals surface area (Å²) < 4.78 is 25.6. The van der Waals surface area contributed by atoms with E-state index in [-0.39, 0.29) is 0 Å². The quantitative estimate of drug-likeness (QED) is 0.691. The molecule has 0 bridgehead atoms. The molecule has 1 aromatic carbocycles. The lowest BCUT2D eigenvalue weighted by Gasteiger charge is -1.98. The predicted octanol–water partition coefficient (Wildman–Crippen LogP) is 2.76. The molecule has 0 atom stereocenters. The highest BCUT2D eigenvalue weighted by Crippen LogP contribution is 2.20. The number of benzene rings is 1. The van der Waals surface area contributed by atoms with Crippen molar-refractivity contribution in [2.24, 2.45) is 0 Å². The molecule has 0 spiro atoms. The molecule has 1 heterocycles. The maximum atomic E-state index is 13.1. The molecule has 1 nitrogen and oxygen atoms in total. The zero-order valence-electron chi connectivity index (χ0n) is 6.64. The molecular formula is C10H6F2N. The number of nitrogens with one attached hydrogen (secondary N) is 1. The van der Waals surface area contributed by atoms with E-state index in [9.17, 15) is 8.78 Å². The van der Waals surface area contributed by atoms with Crippen molar-refractivity contribution in [2.75, 3.05) is 0 Å². The molecule has 0 aliphatic heterocycles. The molecule has 65 valence electrons. The van der Waals surface area contributed by atoms with Crippen molar-refractivity contribution in [3.05, 3.63) is 48.2 Å². The molecule has 0 aliphatic rings. The molecule has 0 saturated heterocycles. The Morgan fingerprint density at radius 1 is 1.15 bits per heavy atom. The molecule has 2 rings (SSSR count). The topological polar surface area (TPSA) is 15.8 Å². The Labute approximate surface area is 74.0 Å². The summed E-state index contributed by atoms with van der Waals surface area (Å²) in [6.45, 7) is 0. The number of H-pyrrole nitrogens is 1. The Morgan fingerprint density at radius 2 is 2.00 bits per heavy atom. The van der Waals surface area contributed by atoms with E-state index in [0.717, 1.165) is 0 Å². The van der Waals surface area contributed by atoms with Gasteiger partial charge in [0.2, 0.25) is 0 Å². The van der Waals surface area contributed by atoms with E-state index in [2.05, 4.69) is 4.98 Å². The lowest BCUT2D eigenvalue weighted by molar-refractivity contribution is 0.581. The maximum absolute atomic E-state index is 13.1. The van der Waals surface area contributed by atoms with Gasteiger partial charge in [-0.05, 0) is 24.3 Å². The number of hydrogen-bond donors (Lipinski definition) is 1. The van der Waals surface area contributed by atoms with Crippen LogP contribution in [0.4, 0.5) is 8.78 Å². The van der Waals surface area contributed by atoms with Crippen molar-refractivity contribution in [1.29, 1.82) is 0 Å². The summed E-state index contributed by atoms with van der Waals surface area (Å²) in [6, 6.07) is 8.00. The summed E-state index contributed by atoms with van der Waals surface area (Å²) in [5.41, 5.74) is 0.945. The second-order valence-corrected chi connectivity index (χ2v) is 2.62. The van der Waals surface area contributed by atoms with Gasteiger partial charge in [-0.3, -0.25) is 0 Å². The first-order valence-corrected chi connectivity index (χ1v) is 3.78. The average Bonchev–Trinajstić information content (AvgIpc) is 2.56. The van der Waals surface area contributed by atoms with Gasteiger partial charge in [0.15, 0.2) is 0 Å². The average molecular weight is 178 g/mol. The van der Waals surface area contributed by atoms with Crippen molar-refractivity contribution in [1.82, 2.24) is 4.98 Å². The number of rotatable bonds is 1. The van der Waals surface area contributed by atoms with Gasteiger partial charge in [0.1, 0.15) is 11.6 Å². The molecule has 3 heteroatoms. The van der Waals surface area contributed by atoms with Crippen LogP contribution in [0.2, 0.25) is 0 Å². The fraction of sp³-hybridized carbons (Fsp3) is 0. The third-order valence-electron chi connectivity index (χ3n) is 1.75. The molecule has 1 aromatic heterocycles. The fourth-order valence-corrected chi connectivity index (χ4v) is 1.15. The van der Waals surface area contributed by atoms with E-state index in [1.807, 2.05) is 6.07 Å². The van der Waals surface area contributed by atoms with Crippen molar-refractivity contribution in [3.63, 3.8) is 0 Å². The molecule has 0 amide bonds. The Bertz CT molecular complexity index is 407. The highest BCUT2D eigenvalue weighted by Gasteiger charge is 2.06. The number of aromatic amines is 1. The Morgan fingerprint density at radius 3 is 2.62 bits per heavy atom. The lowest BCUT2D eigenvalue weighted by Crippen LogP contribution is -1.86. The van der Waals surface area contributed by atoms with Gasteiger partial charge in [0.05, 0.1) is 6.07 Å². The van der Waals surface area contributed by atoms with E-state index < -0.39 is 11.6 Å². The first-order valence-electron chi connectivity index (χ1n) is 3.78. The van der Waals surface area contributed by atoms with Crippen LogP contribution in [-0.2, 0) is 0 Å². The number of hydrogen-bond acceptors (Lipinski definition) is 0. The highest BCUT2D eigenvalue weighted by atomic mass is 19.1. The Kier molecular flexibility index (Phi) is 1.85. The maximum Gasteiger partial charge on any atom is 0.143 e. The van der Waals surface area contributed by atoms with Crippen molar-refractivity contribution < 1.29 is 8.78 Å². The van der Waals surface area contributed by atoms with Gasteiger partial charge in [0.25, 0.3) is 0 Å². The zero-order valence-corrected chi connectivity index (χ0v) is 6.64. The van der Waals surface area contributed by atoms with Gasteiger partial charge in [-0.1, -0.05) is 0 Å². The minimum Gasteiger partial charge on any atom is -0.361 e. The molecule has 2 aromatic rings. The van der Waals surface area contributed by atoms with Gasteiger partial charge in [-0.15, -0.1) is 0 Å². The van der Waals surface area contributed by atoms with Crippen molar-refractivity contribution in [3.8, 4) is 11.3 Å². The summed E-state index contributed by atoms with van der Waals surface area (Å²) in [5, 5.41) is 0. The third kappa shape index (κ3) is 1.45. The smallest absolute Gasteiger partial charge is 0.143 e. The monoisotopic (exact) mass is 178 g/mol. The number of halogens is 2. The van der Waals surface area contributed by atoms with E-state index in [4.69, 9.17) is 0 Å². The van der Waals surface area contributed by atoms with Crippen LogP contribution in [0.15, 0.2) is 30.5 Å². The van der Waals surface area contributed by atoms with Gasteiger partial charge < -0.3 is 4.98 Å². The molecule has 0 unspecified atom stereocenters. The minimum atomic E-state index is -0.687. The van der Waals surface area contributed by atoms with Crippen LogP contribution in [0.3, 0.4) is 0 Å². The molecule has 0 fully saturated rings. The summed E-state index contributed by atoms with van der Waals surface area (Å²) in [7, 11) is 0. The van der Waals surface area contributed by atoms with Crippen LogP contribution in [0.5, 0.6) is 0 Å². The van der Waals surface area contributed by atoms with E-state index in [1.165, 1.54) is 12.1 Å². The lowest BCUT2D eigenvalue weighted by atomic mass is 10.1. The normalized spacial score (nSPS) is 10.3. The fourth-order valence-electron chi connectivity index (χ4n) is 1.15. The van der Waals surface area contributed by atoms with Crippen molar-refractivity contribution >= 4 is 0 Å². The van der Waals surface area contributed by atoms with E-state index >= 15 is 0 Å². The SMILES string of the molecule is Fc1[c]c(F)c(-c2ccc[nH]2)cc1. The van der Waals surface area contributed by atoms with Crippen LogP contribution < -0.4 is 0 Å². The summed E-state index contributed by atoms with van der Waals surface area (Å²) in [5.74, 6) is -1.37. The Balaban J connectivity index is 2.53. The molecule has 0 saturated carbocycles. The summed E-state index contributed by atoms with van der Waals surface area (Å²) in [4.78, 5) is 2.83. The Hall–Kier alpha value is -1.64. The molecular weight excluding hydrogens is 172 g/mol. The van der Waals surface area contributed by atoms with Crippen LogP contribution in [0, 0.1) is 17.7 Å². The largest absolute Gasteiger partial charge is 0.361 e. The van der Waals surface area contributed by atoms with Gasteiger partial charge >= 0.3 is 0 Å². The summed E-state index contributed by atoms with van der Waals surface area (Å²) >= 11 is 0. The van der Waals surface area contributed by atoms with Crippen LogP contribution in [0.1, 0.15) is 0 Å². The van der Waals surface area contributed by atoms with Crippen LogP contribution >= 0.6 is 0 Å². The second kappa shape index (κ2) is 3.01. The predicted molar refractivity (Wildman–Crippen MR) is 45.0 cm³/mol. The number of aromatic nitrogens is 1. The van der Waals surface area contributed by atoms with Crippen LogP contribution in [-0.4, -0.2) is 4.98 Å². The standard InChI is InChI=1S/C10H6F2N/c11-7-3-4-8(9(12)6-7)10-2-1-5-13-10/h1-5,13H. The summed E-state index contributed by atoms with van der Waals surface area (Å²) in [6.07, 6.45) is 1.68. The van der Waals surface area contributed by atoms with Gasteiger partial charge in [0, 0.05) is 17.5 Å². The van der Waals surface area contributed by atoms with Crippen molar-refractivity contribution in [2.45, 2.75) is 0 Å². The second-order valence-electron chi connectivity index (χ2n) is 2.62. The zero-order chi connectivity index (χ0) is 9.26. The highest BCUT2D eigenvalue weighted by molar-refractivity contribution is 5.59. The third-order valence-corrected chi connectivity index (χ3v) is 1.75. The van der Waals surface area contributed by atoms with E-state index in [1.54, 1.807) is 18.3 Å². The first kappa shape index (κ1) is 7.98. The molecule has 1 radical (unpaired) electrons.